The lowest BCUT2D eigenvalue weighted by atomic mass is 9.57. The van der Waals surface area contributed by atoms with Crippen molar-refractivity contribution in [3.8, 4) is 0 Å². The average molecular weight is 418 g/mol. The molecule has 0 spiro atoms. The zero-order valence-electron chi connectivity index (χ0n) is 15.9. The predicted molar refractivity (Wildman–Crippen MR) is 117 cm³/mol. The van der Waals surface area contributed by atoms with E-state index < -0.39 is 0 Å². The van der Waals surface area contributed by atoms with Gasteiger partial charge in [-0.05, 0) is 29.1 Å². The first-order valence-electron chi connectivity index (χ1n) is 10.1. The number of alkyl halides is 1. The standard InChI is InChI=1S/C25H21FNS2/c26-13-12-17-10-11-23(29-17)25(22-9-5-15-28-22)16-21-18-6-1-2-7-19(18)24(25)20-8-3-4-14-27(20)21/h1-11,14-15,21,24H,12-13,16H2/q+1/i26-1. The summed E-state index contributed by atoms with van der Waals surface area (Å²) in [5.74, 6) is 0.264. The fourth-order valence-electron chi connectivity index (χ4n) is 5.52. The highest BCUT2D eigenvalue weighted by Gasteiger charge is 2.60. The van der Waals surface area contributed by atoms with Crippen molar-refractivity contribution in [2.24, 2.45) is 0 Å². The van der Waals surface area contributed by atoms with Gasteiger partial charge in [-0.15, -0.1) is 22.7 Å². The predicted octanol–water partition coefficient (Wildman–Crippen LogP) is 6.03. The molecule has 2 bridgehead atoms. The first-order valence-corrected chi connectivity index (χ1v) is 11.8. The number of aromatic nitrogens is 1. The summed E-state index contributed by atoms with van der Waals surface area (Å²) in [6.07, 6.45) is 3.80. The van der Waals surface area contributed by atoms with Gasteiger partial charge in [0.1, 0.15) is 0 Å². The minimum atomic E-state index is -0.292. The number of hydrogen-bond acceptors (Lipinski definition) is 2. The third kappa shape index (κ3) is 2.39. The number of fused-ring (bicyclic) bond motifs is 1. The van der Waals surface area contributed by atoms with Crippen LogP contribution in [0, 0.1) is 0 Å². The summed E-state index contributed by atoms with van der Waals surface area (Å²) < 4.78 is 15.5. The van der Waals surface area contributed by atoms with Crippen molar-refractivity contribution in [1.82, 2.24) is 0 Å². The van der Waals surface area contributed by atoms with Crippen molar-refractivity contribution >= 4 is 22.7 Å². The van der Waals surface area contributed by atoms with Crippen LogP contribution in [0.3, 0.4) is 0 Å². The van der Waals surface area contributed by atoms with Gasteiger partial charge in [0.25, 0.3) is 0 Å². The van der Waals surface area contributed by atoms with E-state index >= 15 is 0 Å². The summed E-state index contributed by atoms with van der Waals surface area (Å²) in [6.45, 7) is -0.292. The molecule has 144 valence electrons. The highest BCUT2D eigenvalue weighted by atomic mass is 32.1. The zero-order chi connectivity index (χ0) is 19.4. The quantitative estimate of drug-likeness (QED) is 0.357. The molecular formula is C25H21FNS2+. The lowest BCUT2D eigenvalue weighted by Crippen LogP contribution is -2.59. The van der Waals surface area contributed by atoms with E-state index in [1.165, 1.54) is 26.6 Å². The molecule has 0 radical (unpaired) electrons. The van der Waals surface area contributed by atoms with Crippen molar-refractivity contribution in [2.45, 2.75) is 30.2 Å². The molecule has 3 aliphatic rings. The van der Waals surface area contributed by atoms with Crippen molar-refractivity contribution in [1.29, 1.82) is 0 Å². The summed E-state index contributed by atoms with van der Waals surface area (Å²) in [5.41, 5.74) is 4.20. The molecular weight excluding hydrogens is 396 g/mol. The molecule has 3 atom stereocenters. The molecule has 0 N–H and O–H groups in total. The van der Waals surface area contributed by atoms with Gasteiger partial charge in [-0.3, -0.25) is 4.39 Å². The Hall–Kier alpha value is -2.30. The second kappa shape index (κ2) is 6.61. The van der Waals surface area contributed by atoms with Crippen LogP contribution in [-0.2, 0) is 11.8 Å². The molecule has 7 rings (SSSR count). The minimum absolute atomic E-state index is 0.0895. The van der Waals surface area contributed by atoms with E-state index in [0.717, 1.165) is 11.3 Å². The highest BCUT2D eigenvalue weighted by molar-refractivity contribution is 7.13. The van der Waals surface area contributed by atoms with Crippen molar-refractivity contribution < 1.29 is 8.96 Å². The van der Waals surface area contributed by atoms with Gasteiger partial charge in [-0.25, -0.2) is 0 Å². The third-order valence-corrected chi connectivity index (χ3v) is 9.00. The number of rotatable bonds is 4. The molecule has 1 nitrogen and oxygen atoms in total. The third-order valence-electron chi connectivity index (χ3n) is 6.63. The molecule has 1 aromatic carbocycles. The fourth-order valence-corrected chi connectivity index (χ4v) is 7.79. The molecule has 4 aromatic rings. The van der Waals surface area contributed by atoms with Crippen LogP contribution in [0.5, 0.6) is 0 Å². The maximum absolute atomic E-state index is 13.0. The van der Waals surface area contributed by atoms with E-state index in [1.807, 2.05) is 22.7 Å². The van der Waals surface area contributed by atoms with E-state index in [9.17, 15) is 4.39 Å². The van der Waals surface area contributed by atoms with Gasteiger partial charge in [0, 0.05) is 45.2 Å². The molecule has 0 saturated heterocycles. The first-order chi connectivity index (χ1) is 14.3. The van der Waals surface area contributed by atoms with Gasteiger partial charge in [-0.1, -0.05) is 36.4 Å². The Morgan fingerprint density at radius 1 is 0.931 bits per heavy atom. The fraction of sp³-hybridized carbons (Fsp3) is 0.240. The second-order valence-electron chi connectivity index (χ2n) is 7.97. The highest BCUT2D eigenvalue weighted by Crippen LogP contribution is 2.61. The topological polar surface area (TPSA) is 3.88 Å². The molecule has 0 fully saturated rings. The van der Waals surface area contributed by atoms with Crippen molar-refractivity contribution in [2.75, 3.05) is 6.67 Å². The number of thiophene rings is 2. The number of pyridine rings is 1. The summed E-state index contributed by atoms with van der Waals surface area (Å²) in [5, 5.41) is 2.19. The summed E-state index contributed by atoms with van der Waals surface area (Å²) in [4.78, 5) is 3.95. The van der Waals surface area contributed by atoms with Crippen LogP contribution >= 0.6 is 22.7 Å². The molecule has 0 saturated carbocycles. The lowest BCUT2D eigenvalue weighted by Gasteiger charge is -2.48. The first kappa shape index (κ1) is 17.5. The van der Waals surface area contributed by atoms with Crippen LogP contribution in [0.25, 0.3) is 0 Å². The lowest BCUT2D eigenvalue weighted by molar-refractivity contribution is -0.732. The van der Waals surface area contributed by atoms with Crippen LogP contribution in [0.15, 0.2) is 78.3 Å². The molecule has 3 aromatic heterocycles. The van der Waals surface area contributed by atoms with Crippen LogP contribution in [0.4, 0.5) is 4.39 Å². The molecule has 4 heteroatoms. The Labute approximate surface area is 178 Å². The summed E-state index contributed by atoms with van der Waals surface area (Å²) >= 11 is 3.67. The van der Waals surface area contributed by atoms with Crippen LogP contribution in [0.2, 0.25) is 0 Å². The average Bonchev–Trinajstić information content (AvgIpc) is 3.47. The van der Waals surface area contributed by atoms with Gasteiger partial charge >= 0.3 is 0 Å². The van der Waals surface area contributed by atoms with Crippen LogP contribution in [-0.4, -0.2) is 6.67 Å². The maximum Gasteiger partial charge on any atom is 0.190 e. The zero-order valence-corrected chi connectivity index (χ0v) is 17.6. The number of hydrogen-bond donors (Lipinski definition) is 0. The van der Waals surface area contributed by atoms with Gasteiger partial charge in [0.2, 0.25) is 0 Å². The molecule has 29 heavy (non-hydrogen) atoms. The monoisotopic (exact) mass is 417 g/mol. The van der Waals surface area contributed by atoms with E-state index in [-0.39, 0.29) is 18.0 Å². The molecule has 1 aliphatic carbocycles. The molecule has 3 unspecified atom stereocenters. The Morgan fingerprint density at radius 2 is 1.79 bits per heavy atom. The minimum Gasteiger partial charge on any atom is -0.251 e. The Morgan fingerprint density at radius 3 is 2.62 bits per heavy atom. The number of nitrogens with zero attached hydrogens (tertiary/aromatic N) is 1. The van der Waals surface area contributed by atoms with Crippen molar-refractivity contribution in [3.63, 3.8) is 0 Å². The Kier molecular flexibility index (Phi) is 4.00. The Bertz CT molecular complexity index is 1130. The number of aryl methyl sites for hydroxylation is 1. The summed E-state index contributed by atoms with van der Waals surface area (Å²) in [6, 6.07) is 24.8. The maximum atomic E-state index is 13.0. The summed E-state index contributed by atoms with van der Waals surface area (Å²) in [7, 11) is 0. The van der Waals surface area contributed by atoms with Gasteiger partial charge < -0.3 is 0 Å². The van der Waals surface area contributed by atoms with Gasteiger partial charge in [-0.2, -0.15) is 4.57 Å². The number of halogens is 1. The largest absolute Gasteiger partial charge is 0.251 e. The van der Waals surface area contributed by atoms with E-state index in [4.69, 9.17) is 0 Å². The van der Waals surface area contributed by atoms with Crippen LogP contribution in [0.1, 0.15) is 49.8 Å². The van der Waals surface area contributed by atoms with E-state index in [0.29, 0.717) is 12.5 Å². The van der Waals surface area contributed by atoms with E-state index in [1.54, 1.807) is 0 Å². The molecule has 0 amide bonds. The van der Waals surface area contributed by atoms with Gasteiger partial charge in [0.15, 0.2) is 17.9 Å². The number of benzene rings is 1. The second-order valence-corrected chi connectivity index (χ2v) is 10.1. The smallest absolute Gasteiger partial charge is 0.190 e. The molecule has 5 heterocycles. The normalized spacial score (nSPS) is 24.3. The van der Waals surface area contributed by atoms with Crippen LogP contribution < -0.4 is 4.57 Å². The van der Waals surface area contributed by atoms with E-state index in [2.05, 4.69) is 82.9 Å². The SMILES string of the molecule is [18F]CCc1ccc(C2(c3cccs3)CC3c4ccccc4C2c2cccc[n+]23)s1. The van der Waals surface area contributed by atoms with Crippen molar-refractivity contribution in [3.05, 3.63) is 110 Å². The molecule has 2 aliphatic heterocycles. The van der Waals surface area contributed by atoms with Gasteiger partial charge in [0.05, 0.1) is 18.0 Å². The Balaban J connectivity index is 1.66.